The maximum absolute atomic E-state index is 12.9. The number of rotatable bonds is 5. The van der Waals surface area contributed by atoms with Crippen molar-refractivity contribution in [3.63, 3.8) is 0 Å². The van der Waals surface area contributed by atoms with Gasteiger partial charge in [-0.25, -0.2) is 0 Å². The number of thioether (sulfide) groups is 1. The van der Waals surface area contributed by atoms with Gasteiger partial charge in [0, 0.05) is 18.2 Å². The van der Waals surface area contributed by atoms with Gasteiger partial charge in [0.25, 0.3) is 0 Å². The molecule has 134 valence electrons. The molecular weight excluding hydrogens is 366 g/mol. The van der Waals surface area contributed by atoms with Crippen LogP contribution < -0.4 is 0 Å². The van der Waals surface area contributed by atoms with Crippen LogP contribution >= 0.6 is 23.4 Å². The van der Waals surface area contributed by atoms with Crippen LogP contribution in [0.1, 0.15) is 28.4 Å². The Balaban J connectivity index is 1.84. The first kappa shape index (κ1) is 18.7. The smallest absolute Gasteiger partial charge is 0.191 e. The van der Waals surface area contributed by atoms with Crippen molar-refractivity contribution >= 4 is 29.1 Å². The Hall–Kier alpha value is -2.11. The van der Waals surface area contributed by atoms with Gasteiger partial charge in [0.05, 0.1) is 10.3 Å². The monoisotopic (exact) mass is 385 g/mol. The molecule has 1 atom stereocenters. The quantitative estimate of drug-likeness (QED) is 0.452. The molecule has 0 N–H and O–H groups in total. The first-order valence-corrected chi connectivity index (χ1v) is 9.56. The summed E-state index contributed by atoms with van der Waals surface area (Å²) >= 11 is 7.67. The Morgan fingerprint density at radius 3 is 2.62 bits per heavy atom. The summed E-state index contributed by atoms with van der Waals surface area (Å²) in [6, 6.07) is 13.5. The summed E-state index contributed by atoms with van der Waals surface area (Å²) in [6.45, 7) is 5.85. The zero-order valence-electron chi connectivity index (χ0n) is 15.2. The van der Waals surface area contributed by atoms with Gasteiger partial charge in [-0.1, -0.05) is 53.2 Å². The highest BCUT2D eigenvalue weighted by molar-refractivity contribution is 8.00. The van der Waals surface area contributed by atoms with Crippen LogP contribution in [0.25, 0.3) is 11.4 Å². The molecule has 0 spiro atoms. The summed E-state index contributed by atoms with van der Waals surface area (Å²) in [7, 11) is 1.89. The molecule has 0 aliphatic heterocycles. The normalized spacial score (nSPS) is 12.2. The largest absolute Gasteiger partial charge is 0.305 e. The lowest BCUT2D eigenvalue weighted by molar-refractivity contribution is 0.0993. The molecule has 0 aliphatic carbocycles. The van der Waals surface area contributed by atoms with E-state index >= 15 is 0 Å². The summed E-state index contributed by atoms with van der Waals surface area (Å²) < 4.78 is 1.87. The number of aromatic nitrogens is 3. The molecule has 3 rings (SSSR count). The standard InChI is InChI=1S/C20H20ClN3OS/c1-12-9-10-13(2)16(11-12)18(25)14(3)26-20-23-22-19(24(20)4)15-7-5-6-8-17(15)21/h5-11,14H,1-4H3. The second-order valence-corrected chi connectivity index (χ2v) is 8.00. The van der Waals surface area contributed by atoms with Gasteiger partial charge in [-0.3, -0.25) is 4.79 Å². The van der Waals surface area contributed by atoms with Gasteiger partial charge in [0.1, 0.15) is 0 Å². The van der Waals surface area contributed by atoms with Crippen molar-refractivity contribution in [2.75, 3.05) is 0 Å². The Labute approximate surface area is 162 Å². The number of Topliss-reactive ketones (excluding diaryl/α,β-unsaturated/α-hetero) is 1. The van der Waals surface area contributed by atoms with E-state index in [0.717, 1.165) is 22.3 Å². The van der Waals surface area contributed by atoms with E-state index in [-0.39, 0.29) is 11.0 Å². The highest BCUT2D eigenvalue weighted by Crippen LogP contribution is 2.30. The lowest BCUT2D eigenvalue weighted by atomic mass is 10.0. The molecule has 0 fully saturated rings. The van der Waals surface area contributed by atoms with Crippen LogP contribution in [-0.4, -0.2) is 25.8 Å². The van der Waals surface area contributed by atoms with Gasteiger partial charge >= 0.3 is 0 Å². The van der Waals surface area contributed by atoms with Crippen LogP contribution in [0, 0.1) is 13.8 Å². The molecule has 6 heteroatoms. The molecule has 1 heterocycles. The third-order valence-corrected chi connectivity index (χ3v) is 5.72. The average molecular weight is 386 g/mol. The molecule has 26 heavy (non-hydrogen) atoms. The van der Waals surface area contributed by atoms with Crippen molar-refractivity contribution in [3.05, 3.63) is 64.2 Å². The van der Waals surface area contributed by atoms with Crippen LogP contribution in [0.15, 0.2) is 47.6 Å². The molecule has 0 saturated carbocycles. The fourth-order valence-electron chi connectivity index (χ4n) is 2.73. The van der Waals surface area contributed by atoms with Crippen molar-refractivity contribution < 1.29 is 4.79 Å². The van der Waals surface area contributed by atoms with Crippen molar-refractivity contribution in [2.45, 2.75) is 31.2 Å². The van der Waals surface area contributed by atoms with E-state index in [9.17, 15) is 4.79 Å². The zero-order chi connectivity index (χ0) is 18.8. The number of nitrogens with zero attached hydrogens (tertiary/aromatic N) is 3. The van der Waals surface area contributed by atoms with Gasteiger partial charge in [-0.2, -0.15) is 0 Å². The average Bonchev–Trinajstić information content (AvgIpc) is 2.97. The van der Waals surface area contributed by atoms with Crippen molar-refractivity contribution in [1.29, 1.82) is 0 Å². The van der Waals surface area contributed by atoms with Crippen molar-refractivity contribution in [3.8, 4) is 11.4 Å². The van der Waals surface area contributed by atoms with Gasteiger partial charge < -0.3 is 4.57 Å². The number of ketones is 1. The number of benzene rings is 2. The van der Waals surface area contributed by atoms with Gasteiger partial charge in [0.15, 0.2) is 16.8 Å². The molecule has 0 radical (unpaired) electrons. The highest BCUT2D eigenvalue weighted by Gasteiger charge is 2.22. The second kappa shape index (κ2) is 7.64. The first-order valence-electron chi connectivity index (χ1n) is 8.31. The lowest BCUT2D eigenvalue weighted by Gasteiger charge is -2.12. The number of aryl methyl sites for hydroxylation is 2. The van der Waals surface area contributed by atoms with E-state index in [1.807, 2.05) is 74.9 Å². The topological polar surface area (TPSA) is 47.8 Å². The van der Waals surface area contributed by atoms with Gasteiger partial charge in [-0.15, -0.1) is 10.2 Å². The summed E-state index contributed by atoms with van der Waals surface area (Å²) in [5.74, 6) is 0.781. The molecule has 0 saturated heterocycles. The first-order chi connectivity index (χ1) is 12.4. The number of carbonyl (C=O) groups excluding carboxylic acids is 1. The Morgan fingerprint density at radius 1 is 1.15 bits per heavy atom. The maximum atomic E-state index is 12.9. The van der Waals surface area contributed by atoms with Crippen molar-refractivity contribution in [2.24, 2.45) is 7.05 Å². The number of hydrogen-bond acceptors (Lipinski definition) is 4. The third kappa shape index (κ3) is 3.69. The fraction of sp³-hybridized carbons (Fsp3) is 0.250. The van der Waals surface area contributed by atoms with Crippen LogP contribution in [-0.2, 0) is 7.05 Å². The van der Waals surface area contributed by atoms with E-state index in [0.29, 0.717) is 16.0 Å². The highest BCUT2D eigenvalue weighted by atomic mass is 35.5. The van der Waals surface area contributed by atoms with Crippen molar-refractivity contribution in [1.82, 2.24) is 14.8 Å². The van der Waals surface area contributed by atoms with Crippen LogP contribution in [0.5, 0.6) is 0 Å². The summed E-state index contributed by atoms with van der Waals surface area (Å²) in [5, 5.41) is 9.56. The molecule has 0 bridgehead atoms. The Bertz CT molecular complexity index is 967. The lowest BCUT2D eigenvalue weighted by Crippen LogP contribution is -2.16. The summed E-state index contributed by atoms with van der Waals surface area (Å²) in [5.41, 5.74) is 3.65. The molecule has 0 aliphatic rings. The molecule has 4 nitrogen and oxygen atoms in total. The van der Waals surface area contributed by atoms with Gasteiger partial charge in [-0.05, 0) is 44.5 Å². The van der Waals surface area contributed by atoms with Crippen LogP contribution in [0.4, 0.5) is 0 Å². The van der Waals surface area contributed by atoms with Crippen LogP contribution in [0.3, 0.4) is 0 Å². The second-order valence-electron chi connectivity index (χ2n) is 6.29. The van der Waals surface area contributed by atoms with E-state index in [1.54, 1.807) is 0 Å². The number of halogens is 1. The predicted molar refractivity (Wildman–Crippen MR) is 107 cm³/mol. The maximum Gasteiger partial charge on any atom is 0.191 e. The minimum absolute atomic E-state index is 0.0958. The summed E-state index contributed by atoms with van der Waals surface area (Å²) in [6.07, 6.45) is 0. The molecule has 3 aromatic rings. The molecule has 1 unspecified atom stereocenters. The van der Waals surface area contributed by atoms with E-state index in [1.165, 1.54) is 11.8 Å². The van der Waals surface area contributed by atoms with Gasteiger partial charge in [0.2, 0.25) is 0 Å². The predicted octanol–water partition coefficient (Wildman–Crippen LogP) is 5.12. The molecular formula is C20H20ClN3OS. The number of hydrogen-bond donors (Lipinski definition) is 0. The van der Waals surface area contributed by atoms with E-state index in [2.05, 4.69) is 10.2 Å². The number of carbonyl (C=O) groups is 1. The Morgan fingerprint density at radius 2 is 1.88 bits per heavy atom. The molecule has 2 aromatic carbocycles. The SMILES string of the molecule is Cc1ccc(C)c(C(=O)C(C)Sc2nnc(-c3ccccc3Cl)n2C)c1. The molecule has 1 aromatic heterocycles. The zero-order valence-corrected chi connectivity index (χ0v) is 16.7. The van der Waals surface area contributed by atoms with Crippen LogP contribution in [0.2, 0.25) is 5.02 Å². The summed E-state index contributed by atoms with van der Waals surface area (Å²) in [4.78, 5) is 12.9. The van der Waals surface area contributed by atoms with E-state index < -0.39 is 0 Å². The third-order valence-electron chi connectivity index (χ3n) is 4.26. The van der Waals surface area contributed by atoms with E-state index in [4.69, 9.17) is 11.6 Å². The minimum atomic E-state index is -0.266. The Kier molecular flexibility index (Phi) is 5.49. The minimum Gasteiger partial charge on any atom is -0.305 e. The molecule has 0 amide bonds. The fourth-order valence-corrected chi connectivity index (χ4v) is 3.83.